The monoisotopic (exact) mass is 349 g/mol. The van der Waals surface area contributed by atoms with Crippen LogP contribution in [0.1, 0.15) is 41.4 Å². The topological polar surface area (TPSA) is 92.5 Å². The lowest BCUT2D eigenvalue weighted by Gasteiger charge is -2.33. The molecule has 3 heterocycles. The minimum absolute atomic E-state index is 0.0657. The van der Waals surface area contributed by atoms with E-state index in [-0.39, 0.29) is 28.9 Å². The Morgan fingerprint density at radius 2 is 2.17 bits per heavy atom. The van der Waals surface area contributed by atoms with Crippen LogP contribution in [0.5, 0.6) is 0 Å². The average molecular weight is 349 g/mol. The van der Waals surface area contributed by atoms with Gasteiger partial charge in [0.1, 0.15) is 16.3 Å². The molecule has 0 radical (unpaired) electrons. The molecule has 2 aromatic rings. The molecule has 0 unspecified atom stereocenters. The van der Waals surface area contributed by atoms with E-state index in [1.54, 1.807) is 6.92 Å². The van der Waals surface area contributed by atoms with E-state index < -0.39 is 5.97 Å². The molecule has 1 atom stereocenters. The number of carbonyl (C=O) groups excluding carboxylic acids is 1. The Hall–Kier alpha value is -2.22. The smallest absolute Gasteiger partial charge is 0.346 e. The number of nitrogens with zero attached hydrogens (tertiary/aromatic N) is 3. The Morgan fingerprint density at radius 1 is 1.42 bits per heavy atom. The molecule has 1 fully saturated rings. The van der Waals surface area contributed by atoms with E-state index in [2.05, 4.69) is 4.98 Å². The molecular formula is C16H19N3O4S. The Bertz CT molecular complexity index is 870. The molecule has 0 saturated carbocycles. The summed E-state index contributed by atoms with van der Waals surface area (Å²) < 4.78 is 1.28. The highest BCUT2D eigenvalue weighted by Crippen LogP contribution is 2.26. The van der Waals surface area contributed by atoms with E-state index in [0.717, 1.165) is 30.6 Å². The Labute approximate surface area is 142 Å². The van der Waals surface area contributed by atoms with Crippen molar-refractivity contribution in [2.75, 3.05) is 6.54 Å². The van der Waals surface area contributed by atoms with Gasteiger partial charge in [-0.15, -0.1) is 11.3 Å². The quantitative estimate of drug-likeness (QED) is 0.913. The zero-order valence-corrected chi connectivity index (χ0v) is 14.4. The maximum atomic E-state index is 12.7. The van der Waals surface area contributed by atoms with Crippen LogP contribution in [0.15, 0.2) is 11.1 Å². The van der Waals surface area contributed by atoms with Gasteiger partial charge in [-0.3, -0.25) is 14.2 Å². The number of piperidine rings is 1. The summed E-state index contributed by atoms with van der Waals surface area (Å²) in [7, 11) is 0. The summed E-state index contributed by atoms with van der Waals surface area (Å²) in [6.07, 6.45) is 4.40. The normalized spacial score (nSPS) is 18.1. The molecule has 0 bridgehead atoms. The third kappa shape index (κ3) is 2.82. The number of carboxylic acid groups (broad SMARTS) is 1. The first-order chi connectivity index (χ1) is 11.4. The summed E-state index contributed by atoms with van der Waals surface area (Å²) in [6.45, 7) is 4.27. The van der Waals surface area contributed by atoms with E-state index in [9.17, 15) is 19.5 Å². The second-order valence-electron chi connectivity index (χ2n) is 6.15. The maximum Gasteiger partial charge on any atom is 0.346 e. The minimum Gasteiger partial charge on any atom is -0.477 e. The second kappa shape index (κ2) is 6.35. The summed E-state index contributed by atoms with van der Waals surface area (Å²) in [5, 5.41) is 9.48. The number of aromatic nitrogens is 2. The molecule has 0 aliphatic carbocycles. The van der Waals surface area contributed by atoms with E-state index in [1.807, 2.05) is 11.8 Å². The summed E-state index contributed by atoms with van der Waals surface area (Å²) in [5.41, 5.74) is 0.0485. The molecule has 1 saturated heterocycles. The van der Waals surface area contributed by atoms with Gasteiger partial charge in [0, 0.05) is 12.6 Å². The number of aryl methyl sites for hydroxylation is 1. The average Bonchev–Trinajstić information content (AvgIpc) is 2.88. The highest BCUT2D eigenvalue weighted by atomic mass is 32.1. The fraction of sp³-hybridized carbons (Fsp3) is 0.500. The summed E-state index contributed by atoms with van der Waals surface area (Å²) in [6, 6.07) is 0.181. The van der Waals surface area contributed by atoms with Gasteiger partial charge < -0.3 is 10.0 Å². The van der Waals surface area contributed by atoms with Crippen LogP contribution < -0.4 is 5.56 Å². The van der Waals surface area contributed by atoms with Crippen molar-refractivity contribution in [1.29, 1.82) is 0 Å². The SMILES string of the molecule is Cc1c(C(=O)O)sc2ncn(CC(=O)N3CCCC[C@H]3C)c(=O)c12. The number of carboxylic acids is 1. The van der Waals surface area contributed by atoms with Gasteiger partial charge in [0.15, 0.2) is 0 Å². The predicted molar refractivity (Wildman–Crippen MR) is 90.6 cm³/mol. The largest absolute Gasteiger partial charge is 0.477 e. The maximum absolute atomic E-state index is 12.7. The van der Waals surface area contributed by atoms with E-state index in [1.165, 1.54) is 10.9 Å². The van der Waals surface area contributed by atoms with E-state index in [0.29, 0.717) is 22.3 Å². The fourth-order valence-corrected chi connectivity index (χ4v) is 4.16. The van der Waals surface area contributed by atoms with Crippen LogP contribution in [0.4, 0.5) is 0 Å². The highest BCUT2D eigenvalue weighted by Gasteiger charge is 2.24. The zero-order chi connectivity index (χ0) is 17.4. The molecule has 1 aliphatic rings. The lowest BCUT2D eigenvalue weighted by Crippen LogP contribution is -2.44. The number of fused-ring (bicyclic) bond motifs is 1. The van der Waals surface area contributed by atoms with Crippen LogP contribution in [-0.2, 0) is 11.3 Å². The van der Waals surface area contributed by atoms with Crippen molar-refractivity contribution in [1.82, 2.24) is 14.5 Å². The molecule has 1 amide bonds. The van der Waals surface area contributed by atoms with Gasteiger partial charge in [0.05, 0.1) is 11.7 Å². The molecule has 24 heavy (non-hydrogen) atoms. The number of hydrogen-bond donors (Lipinski definition) is 1. The molecule has 8 heteroatoms. The molecular weight excluding hydrogens is 330 g/mol. The molecule has 7 nitrogen and oxygen atoms in total. The van der Waals surface area contributed by atoms with Crippen molar-refractivity contribution in [2.45, 2.75) is 45.7 Å². The predicted octanol–water partition coefficient (Wildman–Crippen LogP) is 1.87. The Morgan fingerprint density at radius 3 is 2.83 bits per heavy atom. The number of amides is 1. The Kier molecular flexibility index (Phi) is 4.40. The van der Waals surface area contributed by atoms with Gasteiger partial charge in [0.2, 0.25) is 5.91 Å². The number of rotatable bonds is 3. The first-order valence-electron chi connectivity index (χ1n) is 7.91. The summed E-state index contributed by atoms with van der Waals surface area (Å²) in [4.78, 5) is 42.9. The third-order valence-corrected chi connectivity index (χ3v) is 5.73. The van der Waals surface area contributed by atoms with E-state index in [4.69, 9.17) is 0 Å². The fourth-order valence-electron chi connectivity index (χ4n) is 3.18. The van der Waals surface area contributed by atoms with Gasteiger partial charge in [-0.1, -0.05) is 0 Å². The number of carbonyl (C=O) groups is 2. The van der Waals surface area contributed by atoms with Crippen molar-refractivity contribution in [3.63, 3.8) is 0 Å². The Balaban J connectivity index is 1.94. The minimum atomic E-state index is -1.07. The van der Waals surface area contributed by atoms with Crippen molar-refractivity contribution in [3.8, 4) is 0 Å². The number of aromatic carboxylic acids is 1. The summed E-state index contributed by atoms with van der Waals surface area (Å²) >= 11 is 0.983. The number of likely N-dealkylation sites (tertiary alicyclic amines) is 1. The van der Waals surface area contributed by atoms with Gasteiger partial charge in [-0.05, 0) is 38.7 Å². The summed E-state index contributed by atoms with van der Waals surface area (Å²) in [5.74, 6) is -1.17. The lowest BCUT2D eigenvalue weighted by atomic mass is 10.0. The van der Waals surface area contributed by atoms with Gasteiger partial charge in [-0.2, -0.15) is 0 Å². The van der Waals surface area contributed by atoms with Gasteiger partial charge >= 0.3 is 5.97 Å². The molecule has 1 aliphatic heterocycles. The molecule has 0 spiro atoms. The van der Waals surface area contributed by atoms with Crippen LogP contribution in [0.25, 0.3) is 10.2 Å². The standard InChI is InChI=1S/C16H19N3O4S/c1-9-5-3-4-6-19(9)11(20)7-18-8-17-14-12(15(18)21)10(2)13(24-14)16(22)23/h8-9H,3-7H2,1-2H3,(H,22,23)/t9-/m1/s1. The van der Waals surface area contributed by atoms with Crippen LogP contribution in [-0.4, -0.2) is 44.0 Å². The first-order valence-corrected chi connectivity index (χ1v) is 8.73. The van der Waals surface area contributed by atoms with Crippen LogP contribution in [0.3, 0.4) is 0 Å². The number of thiophene rings is 1. The van der Waals surface area contributed by atoms with Crippen LogP contribution in [0, 0.1) is 6.92 Å². The van der Waals surface area contributed by atoms with Crippen molar-refractivity contribution < 1.29 is 14.7 Å². The van der Waals surface area contributed by atoms with E-state index >= 15 is 0 Å². The second-order valence-corrected chi connectivity index (χ2v) is 7.15. The van der Waals surface area contributed by atoms with Crippen LogP contribution >= 0.6 is 11.3 Å². The molecule has 1 N–H and O–H groups in total. The highest BCUT2D eigenvalue weighted by molar-refractivity contribution is 7.20. The van der Waals surface area contributed by atoms with Crippen molar-refractivity contribution in [2.24, 2.45) is 0 Å². The first kappa shape index (κ1) is 16.6. The molecule has 0 aromatic carbocycles. The van der Waals surface area contributed by atoms with Crippen molar-refractivity contribution in [3.05, 3.63) is 27.1 Å². The van der Waals surface area contributed by atoms with Crippen LogP contribution in [0.2, 0.25) is 0 Å². The lowest BCUT2D eigenvalue weighted by molar-refractivity contribution is -0.135. The zero-order valence-electron chi connectivity index (χ0n) is 13.6. The molecule has 128 valence electrons. The van der Waals surface area contributed by atoms with Crippen molar-refractivity contribution >= 4 is 33.4 Å². The molecule has 3 rings (SSSR count). The number of hydrogen-bond acceptors (Lipinski definition) is 5. The third-order valence-electron chi connectivity index (χ3n) is 4.54. The molecule has 2 aromatic heterocycles. The van der Waals surface area contributed by atoms with Gasteiger partial charge in [-0.25, -0.2) is 9.78 Å². The van der Waals surface area contributed by atoms with Gasteiger partial charge in [0.25, 0.3) is 5.56 Å².